The number of furan rings is 1. The van der Waals surface area contributed by atoms with Gasteiger partial charge in [0, 0.05) is 6.42 Å². The van der Waals surface area contributed by atoms with Gasteiger partial charge in [0.2, 0.25) is 5.89 Å². The average molecular weight is 249 g/mol. The Morgan fingerprint density at radius 2 is 2.17 bits per heavy atom. The zero-order chi connectivity index (χ0) is 12.8. The van der Waals surface area contributed by atoms with Crippen LogP contribution >= 0.6 is 0 Å². The second-order valence-corrected chi connectivity index (χ2v) is 4.24. The summed E-state index contributed by atoms with van der Waals surface area (Å²) in [6.07, 6.45) is 4.60. The summed E-state index contributed by atoms with van der Waals surface area (Å²) in [6, 6.07) is 1.84. The predicted octanol–water partition coefficient (Wildman–Crippen LogP) is 2.57. The molecule has 0 amide bonds. The zero-order valence-corrected chi connectivity index (χ0v) is 10.9. The first-order chi connectivity index (χ1) is 8.81. The van der Waals surface area contributed by atoms with Gasteiger partial charge in [-0.2, -0.15) is 0 Å². The van der Waals surface area contributed by atoms with Crippen molar-refractivity contribution in [1.82, 2.24) is 15.5 Å². The summed E-state index contributed by atoms with van der Waals surface area (Å²) in [6.45, 7) is 6.08. The van der Waals surface area contributed by atoms with E-state index >= 15 is 0 Å². The van der Waals surface area contributed by atoms with Crippen LogP contribution in [-0.2, 0) is 6.42 Å². The van der Waals surface area contributed by atoms with Crippen molar-refractivity contribution in [3.63, 3.8) is 0 Å². The number of hydrogen-bond acceptors (Lipinski definition) is 5. The first kappa shape index (κ1) is 12.8. The maximum Gasteiger partial charge on any atom is 0.251 e. The predicted molar refractivity (Wildman–Crippen MR) is 68.2 cm³/mol. The van der Waals surface area contributed by atoms with Gasteiger partial charge >= 0.3 is 0 Å². The molecule has 0 fully saturated rings. The van der Waals surface area contributed by atoms with Crippen molar-refractivity contribution < 1.29 is 8.83 Å². The maximum atomic E-state index is 5.61. The second-order valence-electron chi connectivity index (χ2n) is 4.24. The molecule has 5 nitrogen and oxygen atoms in total. The van der Waals surface area contributed by atoms with E-state index in [1.54, 1.807) is 6.26 Å². The molecule has 0 aromatic carbocycles. The molecular formula is C13H19N3O2. The molecule has 1 N–H and O–H groups in total. The van der Waals surface area contributed by atoms with E-state index in [0.717, 1.165) is 43.7 Å². The molecule has 2 rings (SSSR count). The molecule has 0 radical (unpaired) electrons. The average Bonchev–Trinajstić information content (AvgIpc) is 2.97. The monoisotopic (exact) mass is 249 g/mol. The summed E-state index contributed by atoms with van der Waals surface area (Å²) in [5.74, 6) is 2.02. The largest absolute Gasteiger partial charge is 0.469 e. The minimum Gasteiger partial charge on any atom is -0.469 e. The molecule has 0 spiro atoms. The lowest BCUT2D eigenvalue weighted by Gasteiger charge is -1.99. The molecule has 0 aliphatic carbocycles. The molecule has 0 aliphatic heterocycles. The van der Waals surface area contributed by atoms with Gasteiger partial charge in [-0.15, -0.1) is 10.2 Å². The summed E-state index contributed by atoms with van der Waals surface area (Å²) in [7, 11) is 0. The Labute approximate surface area is 107 Å². The lowest BCUT2D eigenvalue weighted by atomic mass is 10.3. The van der Waals surface area contributed by atoms with Crippen molar-refractivity contribution in [3.05, 3.63) is 24.0 Å². The molecule has 0 aliphatic rings. The van der Waals surface area contributed by atoms with Gasteiger partial charge in [-0.1, -0.05) is 6.92 Å². The maximum absolute atomic E-state index is 5.61. The van der Waals surface area contributed by atoms with E-state index in [-0.39, 0.29) is 0 Å². The van der Waals surface area contributed by atoms with Gasteiger partial charge in [-0.3, -0.25) is 0 Å². The lowest BCUT2D eigenvalue weighted by molar-refractivity contribution is 0.488. The molecule has 0 unspecified atom stereocenters. The van der Waals surface area contributed by atoms with Crippen LogP contribution in [0.2, 0.25) is 0 Å². The Morgan fingerprint density at radius 3 is 2.89 bits per heavy atom. The standard InChI is InChI=1S/C13H19N3O2/c1-3-7-14-8-4-5-12-15-16-13(18-12)11-6-9-17-10(11)2/h6,9,14H,3-5,7-8H2,1-2H3. The number of nitrogens with zero attached hydrogens (tertiary/aromatic N) is 2. The van der Waals surface area contributed by atoms with Crippen LogP contribution in [0.1, 0.15) is 31.4 Å². The normalized spacial score (nSPS) is 11.0. The first-order valence-corrected chi connectivity index (χ1v) is 6.39. The number of hydrogen-bond donors (Lipinski definition) is 1. The van der Waals surface area contributed by atoms with E-state index in [1.807, 2.05) is 13.0 Å². The first-order valence-electron chi connectivity index (χ1n) is 6.39. The fourth-order valence-electron chi connectivity index (χ4n) is 1.74. The van der Waals surface area contributed by atoms with E-state index in [2.05, 4.69) is 22.4 Å². The molecule has 18 heavy (non-hydrogen) atoms. The molecule has 2 aromatic heterocycles. The topological polar surface area (TPSA) is 64.1 Å². The molecule has 2 aromatic rings. The molecule has 0 bridgehead atoms. The molecule has 98 valence electrons. The highest BCUT2D eigenvalue weighted by Gasteiger charge is 2.12. The fourth-order valence-corrected chi connectivity index (χ4v) is 1.74. The van der Waals surface area contributed by atoms with E-state index in [4.69, 9.17) is 8.83 Å². The van der Waals surface area contributed by atoms with Gasteiger partial charge in [0.1, 0.15) is 5.76 Å². The van der Waals surface area contributed by atoms with Crippen molar-refractivity contribution in [2.45, 2.75) is 33.1 Å². The molecule has 0 saturated heterocycles. The summed E-state index contributed by atoms with van der Waals surface area (Å²) in [4.78, 5) is 0. The van der Waals surface area contributed by atoms with Crippen molar-refractivity contribution in [3.8, 4) is 11.5 Å². The van der Waals surface area contributed by atoms with Crippen LogP contribution in [0.3, 0.4) is 0 Å². The molecule has 0 saturated carbocycles. The Bertz CT molecular complexity index is 476. The summed E-state index contributed by atoms with van der Waals surface area (Å²) in [5, 5.41) is 11.4. The van der Waals surface area contributed by atoms with E-state index < -0.39 is 0 Å². The van der Waals surface area contributed by atoms with Crippen LogP contribution in [0.25, 0.3) is 11.5 Å². The van der Waals surface area contributed by atoms with Crippen molar-refractivity contribution in [2.75, 3.05) is 13.1 Å². The van der Waals surface area contributed by atoms with Crippen LogP contribution in [0.4, 0.5) is 0 Å². The van der Waals surface area contributed by atoms with E-state index in [9.17, 15) is 0 Å². The van der Waals surface area contributed by atoms with Crippen molar-refractivity contribution >= 4 is 0 Å². The summed E-state index contributed by atoms with van der Waals surface area (Å²) >= 11 is 0. The van der Waals surface area contributed by atoms with Crippen LogP contribution in [0.5, 0.6) is 0 Å². The Balaban J connectivity index is 1.85. The highest BCUT2D eigenvalue weighted by Crippen LogP contribution is 2.22. The minimum absolute atomic E-state index is 0.540. The smallest absolute Gasteiger partial charge is 0.251 e. The third kappa shape index (κ3) is 3.20. The van der Waals surface area contributed by atoms with Gasteiger partial charge < -0.3 is 14.2 Å². The van der Waals surface area contributed by atoms with Crippen LogP contribution in [0.15, 0.2) is 21.2 Å². The van der Waals surface area contributed by atoms with Gasteiger partial charge in [0.05, 0.1) is 11.8 Å². The molecular weight excluding hydrogens is 230 g/mol. The summed E-state index contributed by atoms with van der Waals surface area (Å²) in [5.41, 5.74) is 0.873. The van der Waals surface area contributed by atoms with Gasteiger partial charge in [0.25, 0.3) is 5.89 Å². The van der Waals surface area contributed by atoms with E-state index in [1.165, 1.54) is 0 Å². The number of aromatic nitrogens is 2. The summed E-state index contributed by atoms with van der Waals surface area (Å²) < 4.78 is 10.8. The molecule has 0 atom stereocenters. The van der Waals surface area contributed by atoms with Crippen molar-refractivity contribution in [1.29, 1.82) is 0 Å². The highest BCUT2D eigenvalue weighted by molar-refractivity contribution is 5.54. The van der Waals surface area contributed by atoms with Crippen LogP contribution in [0, 0.1) is 6.92 Å². The van der Waals surface area contributed by atoms with Crippen LogP contribution in [-0.4, -0.2) is 23.3 Å². The Hall–Kier alpha value is -1.62. The second kappa shape index (κ2) is 6.35. The third-order valence-corrected chi connectivity index (χ3v) is 2.73. The van der Waals surface area contributed by atoms with Gasteiger partial charge in [-0.25, -0.2) is 0 Å². The Kier molecular flexibility index (Phi) is 4.52. The molecule has 2 heterocycles. The van der Waals surface area contributed by atoms with Gasteiger partial charge in [0.15, 0.2) is 0 Å². The number of aryl methyl sites for hydroxylation is 2. The van der Waals surface area contributed by atoms with Crippen LogP contribution < -0.4 is 5.32 Å². The van der Waals surface area contributed by atoms with Gasteiger partial charge in [-0.05, 0) is 38.9 Å². The lowest BCUT2D eigenvalue weighted by Crippen LogP contribution is -2.16. The third-order valence-electron chi connectivity index (χ3n) is 2.73. The molecule has 5 heteroatoms. The van der Waals surface area contributed by atoms with Crippen molar-refractivity contribution in [2.24, 2.45) is 0 Å². The zero-order valence-electron chi connectivity index (χ0n) is 10.9. The Morgan fingerprint density at radius 1 is 1.28 bits per heavy atom. The SMILES string of the molecule is CCCNCCCc1nnc(-c2ccoc2C)o1. The fraction of sp³-hybridized carbons (Fsp3) is 0.538. The quantitative estimate of drug-likeness (QED) is 0.764. The number of nitrogens with one attached hydrogen (secondary N) is 1. The van der Waals surface area contributed by atoms with E-state index in [0.29, 0.717) is 11.8 Å². The number of rotatable bonds is 7. The highest BCUT2D eigenvalue weighted by atomic mass is 16.4. The minimum atomic E-state index is 0.540.